The Labute approximate surface area is 264 Å². The van der Waals surface area contributed by atoms with E-state index in [4.69, 9.17) is 0 Å². The van der Waals surface area contributed by atoms with Gasteiger partial charge in [-0.15, -0.1) is 0 Å². The lowest BCUT2D eigenvalue weighted by atomic mass is 9.34. The van der Waals surface area contributed by atoms with E-state index in [0.29, 0.717) is 25.8 Å². The molecule has 0 aliphatic heterocycles. The van der Waals surface area contributed by atoms with Crippen molar-refractivity contribution in [3.05, 3.63) is 41.3 Å². The fourth-order valence-corrected chi connectivity index (χ4v) is 10.1. The van der Waals surface area contributed by atoms with Crippen LogP contribution in [0.15, 0.2) is 35.6 Å². The number of fused-ring (bicyclic) bond motifs is 7. The number of nitrogens with zero attached hydrogens (tertiary/aromatic N) is 2. The first-order chi connectivity index (χ1) is 21.1. The zero-order valence-corrected chi connectivity index (χ0v) is 27.0. The van der Waals surface area contributed by atoms with Crippen LogP contribution in [0.1, 0.15) is 96.5 Å². The van der Waals surface area contributed by atoms with E-state index in [1.165, 1.54) is 12.3 Å². The van der Waals surface area contributed by atoms with E-state index in [1.807, 2.05) is 0 Å². The number of aliphatic hydroxyl groups is 1. The van der Waals surface area contributed by atoms with Gasteiger partial charge in [0.25, 0.3) is 5.91 Å². The summed E-state index contributed by atoms with van der Waals surface area (Å²) in [5.41, 5.74) is -2.73. The summed E-state index contributed by atoms with van der Waals surface area (Å²) in [4.78, 5) is 52.1. The number of rotatable bonds is 5. The lowest BCUT2D eigenvalue weighted by Gasteiger charge is -2.71. The van der Waals surface area contributed by atoms with Gasteiger partial charge in [0.15, 0.2) is 11.6 Å². The van der Waals surface area contributed by atoms with Crippen LogP contribution in [0.25, 0.3) is 0 Å². The molecule has 1 heterocycles. The quantitative estimate of drug-likeness (QED) is 0.389. The van der Waals surface area contributed by atoms with Gasteiger partial charge in [0.05, 0.1) is 12.1 Å². The molecule has 3 saturated carbocycles. The molecule has 0 aromatic carbocycles. The number of nitrogens with one attached hydrogen (secondary N) is 3. The van der Waals surface area contributed by atoms with Crippen molar-refractivity contribution < 1.29 is 24.3 Å². The lowest BCUT2D eigenvalue weighted by Crippen LogP contribution is -2.73. The van der Waals surface area contributed by atoms with Crippen molar-refractivity contribution in [3.63, 3.8) is 0 Å². The monoisotopic (exact) mass is 615 g/mol. The van der Waals surface area contributed by atoms with E-state index in [2.05, 4.69) is 61.5 Å². The molecule has 0 unspecified atom stereocenters. The summed E-state index contributed by atoms with van der Waals surface area (Å²) >= 11 is 0. The second-order valence-electron chi connectivity index (χ2n) is 15.8. The highest BCUT2D eigenvalue weighted by atomic mass is 16.3. The number of H-pyrrole nitrogens is 1. The number of aromatic nitrogens is 2. The SMILES string of the molecule is C[C@]1(CNC(=O)CNC(=O)c2cc[nH]n2)CC[C@]2(C)CC[C@@]3(C)[C@]4(C)CC[C@H]5CC(=O)C(C#N)=C[C@]5(C)C4=CC(=O)[C@]3(O)[C@@H]2C1. The summed E-state index contributed by atoms with van der Waals surface area (Å²) in [7, 11) is 0. The molecule has 4 N–H and O–H groups in total. The Bertz CT molecular complexity index is 1570. The maximum absolute atomic E-state index is 14.5. The van der Waals surface area contributed by atoms with Gasteiger partial charge in [-0.2, -0.15) is 10.4 Å². The van der Waals surface area contributed by atoms with Gasteiger partial charge in [-0.05, 0) is 84.8 Å². The third kappa shape index (κ3) is 4.40. The van der Waals surface area contributed by atoms with Gasteiger partial charge in [0.1, 0.15) is 17.4 Å². The van der Waals surface area contributed by atoms with Gasteiger partial charge in [-0.25, -0.2) is 0 Å². The molecule has 8 atom stereocenters. The summed E-state index contributed by atoms with van der Waals surface area (Å²) in [6, 6.07) is 3.62. The number of hydrogen-bond acceptors (Lipinski definition) is 7. The lowest BCUT2D eigenvalue weighted by molar-refractivity contribution is -0.242. The second-order valence-corrected chi connectivity index (χ2v) is 15.8. The van der Waals surface area contributed by atoms with Crippen LogP contribution in [-0.4, -0.2) is 57.4 Å². The molecular weight excluding hydrogens is 570 g/mol. The van der Waals surface area contributed by atoms with Crippen LogP contribution in [0.3, 0.4) is 0 Å². The molecule has 0 bridgehead atoms. The maximum atomic E-state index is 14.5. The van der Waals surface area contributed by atoms with Crippen molar-refractivity contribution in [2.24, 2.45) is 38.9 Å². The van der Waals surface area contributed by atoms with E-state index in [-0.39, 0.29) is 58.0 Å². The van der Waals surface area contributed by atoms with Crippen LogP contribution in [0, 0.1) is 50.2 Å². The van der Waals surface area contributed by atoms with E-state index < -0.39 is 27.8 Å². The van der Waals surface area contributed by atoms with E-state index >= 15 is 0 Å². The van der Waals surface area contributed by atoms with Gasteiger partial charge in [-0.3, -0.25) is 24.3 Å². The van der Waals surface area contributed by atoms with Crippen LogP contribution in [-0.2, 0) is 14.4 Å². The van der Waals surface area contributed by atoms with Crippen molar-refractivity contribution in [1.82, 2.24) is 20.8 Å². The number of carbonyl (C=O) groups is 4. The smallest absolute Gasteiger partial charge is 0.272 e. The van der Waals surface area contributed by atoms with Crippen molar-refractivity contribution in [1.29, 1.82) is 5.26 Å². The maximum Gasteiger partial charge on any atom is 0.272 e. The molecule has 3 fully saturated rings. The van der Waals surface area contributed by atoms with E-state index in [9.17, 15) is 29.5 Å². The summed E-state index contributed by atoms with van der Waals surface area (Å²) in [5, 5.41) is 34.7. The number of allylic oxidation sites excluding steroid dienone is 3. The summed E-state index contributed by atoms with van der Waals surface area (Å²) < 4.78 is 0. The zero-order valence-electron chi connectivity index (χ0n) is 27.0. The molecule has 6 rings (SSSR count). The molecule has 1 aromatic heterocycles. The number of aromatic amines is 1. The molecule has 240 valence electrons. The largest absolute Gasteiger partial charge is 0.381 e. The van der Waals surface area contributed by atoms with Crippen LogP contribution < -0.4 is 10.6 Å². The predicted molar refractivity (Wildman–Crippen MR) is 165 cm³/mol. The Kier molecular flexibility index (Phi) is 7.13. The van der Waals surface area contributed by atoms with Crippen LogP contribution in [0.2, 0.25) is 0 Å². The molecule has 5 aliphatic carbocycles. The highest BCUT2D eigenvalue weighted by Crippen LogP contribution is 2.74. The van der Waals surface area contributed by atoms with Gasteiger partial charge in [-0.1, -0.05) is 40.7 Å². The molecule has 0 radical (unpaired) electrons. The first-order valence-corrected chi connectivity index (χ1v) is 16.3. The normalized spacial score (nSPS) is 42.1. The third-order valence-electron chi connectivity index (χ3n) is 13.4. The number of amides is 2. The van der Waals surface area contributed by atoms with Crippen LogP contribution in [0.5, 0.6) is 0 Å². The van der Waals surface area contributed by atoms with Gasteiger partial charge in [0.2, 0.25) is 5.91 Å². The van der Waals surface area contributed by atoms with Crippen molar-refractivity contribution in [2.45, 2.75) is 91.6 Å². The molecule has 5 aliphatic rings. The molecule has 45 heavy (non-hydrogen) atoms. The number of Topliss-reactive ketones (excluding diaryl/α,β-unsaturated/α-hetero) is 1. The van der Waals surface area contributed by atoms with Crippen molar-refractivity contribution >= 4 is 23.4 Å². The molecule has 10 nitrogen and oxygen atoms in total. The van der Waals surface area contributed by atoms with Crippen molar-refractivity contribution in [2.75, 3.05) is 13.1 Å². The predicted octanol–water partition coefficient (Wildman–Crippen LogP) is 3.95. The Morgan fingerprint density at radius 3 is 2.51 bits per heavy atom. The fraction of sp³-hybridized carbons (Fsp3) is 0.657. The molecular formula is C35H45N5O5. The Morgan fingerprint density at radius 2 is 1.82 bits per heavy atom. The minimum absolute atomic E-state index is 0.0172. The Balaban J connectivity index is 1.28. The Morgan fingerprint density at radius 1 is 1.09 bits per heavy atom. The summed E-state index contributed by atoms with van der Waals surface area (Å²) in [5.74, 6) is -1.44. The first-order valence-electron chi connectivity index (χ1n) is 16.3. The van der Waals surface area contributed by atoms with E-state index in [0.717, 1.165) is 37.7 Å². The third-order valence-corrected chi connectivity index (χ3v) is 13.4. The van der Waals surface area contributed by atoms with E-state index in [1.54, 1.807) is 12.2 Å². The first kappa shape index (κ1) is 31.4. The average Bonchev–Trinajstić information content (AvgIpc) is 3.55. The topological polar surface area (TPSA) is 165 Å². The van der Waals surface area contributed by atoms with Gasteiger partial charge >= 0.3 is 0 Å². The molecule has 0 saturated heterocycles. The average molecular weight is 616 g/mol. The Hall–Kier alpha value is -3.58. The van der Waals surface area contributed by atoms with Gasteiger partial charge in [0, 0.05) is 35.9 Å². The highest BCUT2D eigenvalue weighted by Gasteiger charge is 2.74. The summed E-state index contributed by atoms with van der Waals surface area (Å²) in [6.45, 7) is 10.9. The summed E-state index contributed by atoms with van der Waals surface area (Å²) in [6.07, 6.45) is 10.7. The van der Waals surface area contributed by atoms with Crippen LogP contribution in [0.4, 0.5) is 0 Å². The highest BCUT2D eigenvalue weighted by molar-refractivity contribution is 6.02. The number of nitriles is 1. The number of ketones is 2. The molecule has 1 aromatic rings. The number of hydrogen-bond donors (Lipinski definition) is 4. The van der Waals surface area contributed by atoms with Gasteiger partial charge < -0.3 is 15.7 Å². The molecule has 0 spiro atoms. The minimum atomic E-state index is -1.60. The zero-order chi connectivity index (χ0) is 32.6. The molecule has 10 heteroatoms. The fourth-order valence-electron chi connectivity index (χ4n) is 10.1. The van der Waals surface area contributed by atoms with Crippen molar-refractivity contribution in [3.8, 4) is 6.07 Å². The number of carbonyl (C=O) groups excluding carboxylic acids is 4. The second kappa shape index (κ2) is 10.2. The molecule has 2 amide bonds. The minimum Gasteiger partial charge on any atom is -0.381 e. The standard InChI is InChI=1S/C35H45N5O5/c1-30(20-38-28(43)19-37-29(44)23-7-13-39-40-23)9-10-31(2)11-12-34(5)33(4)8-6-22-14-24(41)21(18-36)16-32(22,3)25(33)15-27(42)35(34,45)26(31)17-30/h7,13,15-16,22,26,45H,6,8-12,14,17,19-20H2,1-5H3,(H,37,44)(H,38,43)(H,39,40)/t22-,26+,30-,31+,32-,33+,34-,35+/m0/s1. The van der Waals surface area contributed by atoms with Crippen LogP contribution >= 0.6 is 0 Å².